The van der Waals surface area contributed by atoms with Crippen molar-refractivity contribution in [3.8, 4) is 11.3 Å². The highest BCUT2D eigenvalue weighted by Crippen LogP contribution is 2.47. The van der Waals surface area contributed by atoms with E-state index in [1.807, 2.05) is 128 Å². The van der Waals surface area contributed by atoms with Crippen LogP contribution >= 0.6 is 11.8 Å². The van der Waals surface area contributed by atoms with Crippen LogP contribution in [-0.4, -0.2) is 99.7 Å². The van der Waals surface area contributed by atoms with E-state index < -0.39 is 0 Å². The highest BCUT2D eigenvalue weighted by atomic mass is 32.2. The van der Waals surface area contributed by atoms with Gasteiger partial charge in [0.1, 0.15) is 17.9 Å². The van der Waals surface area contributed by atoms with E-state index in [-0.39, 0.29) is 41.9 Å². The summed E-state index contributed by atoms with van der Waals surface area (Å²) in [5.74, 6) is 1.32. The first-order chi connectivity index (χ1) is 32.2. The number of likely N-dealkylation sites (tertiary alicyclic amines) is 2. The second kappa shape index (κ2) is 19.0. The van der Waals surface area contributed by atoms with Gasteiger partial charge >= 0.3 is 0 Å². The van der Waals surface area contributed by atoms with Gasteiger partial charge in [0.2, 0.25) is 11.8 Å². The molecule has 6 atom stereocenters. The van der Waals surface area contributed by atoms with Crippen LogP contribution in [0, 0.1) is 0 Å². The van der Waals surface area contributed by atoms with Crippen LogP contribution in [0.5, 0.6) is 0 Å². The molecule has 9 nitrogen and oxygen atoms in total. The number of hydrogen-bond acceptors (Lipinski definition) is 7. The average Bonchev–Trinajstić information content (AvgIpc) is 4.20. The van der Waals surface area contributed by atoms with Crippen molar-refractivity contribution in [1.29, 1.82) is 0 Å². The van der Waals surface area contributed by atoms with Crippen LogP contribution in [0.15, 0.2) is 156 Å². The molecule has 336 valence electrons. The number of fused-ring (bicyclic) bond motifs is 1. The molecule has 10 rings (SSSR count). The number of imidazole rings is 1. The molecule has 2 amide bonds. The Morgan fingerprint density at radius 3 is 1.82 bits per heavy atom. The highest BCUT2D eigenvalue weighted by Gasteiger charge is 2.40. The number of rotatable bonds is 13. The zero-order chi connectivity index (χ0) is 45.3. The van der Waals surface area contributed by atoms with Gasteiger partial charge in [0.05, 0.1) is 24.0 Å². The van der Waals surface area contributed by atoms with E-state index >= 15 is 0 Å². The van der Waals surface area contributed by atoms with Crippen molar-refractivity contribution in [2.24, 2.45) is 4.99 Å². The van der Waals surface area contributed by atoms with Crippen molar-refractivity contribution in [3.05, 3.63) is 185 Å². The first kappa shape index (κ1) is 43.8. The zero-order valence-corrected chi connectivity index (χ0v) is 39.2. The van der Waals surface area contributed by atoms with E-state index in [1.54, 1.807) is 0 Å². The lowest BCUT2D eigenvalue weighted by Gasteiger charge is -2.32. The Kier molecular flexibility index (Phi) is 12.6. The summed E-state index contributed by atoms with van der Waals surface area (Å²) in [5.41, 5.74) is 11.6. The fraction of sp³-hybridized carbons (Fsp3) is 0.321. The number of nitrogens with one attached hydrogen (secondary N) is 1. The summed E-state index contributed by atoms with van der Waals surface area (Å²) in [4.78, 5) is 51.2. The predicted octanol–water partition coefficient (Wildman–Crippen LogP) is 10.4. The molecule has 2 unspecified atom stereocenters. The van der Waals surface area contributed by atoms with Crippen molar-refractivity contribution in [2.75, 3.05) is 41.3 Å². The molecule has 0 aliphatic carbocycles. The lowest BCUT2D eigenvalue weighted by molar-refractivity contribution is -0.137. The number of benzene rings is 5. The van der Waals surface area contributed by atoms with Crippen LogP contribution in [0.1, 0.15) is 95.4 Å². The summed E-state index contributed by atoms with van der Waals surface area (Å²) in [6.07, 6.45) is 9.44. The Labute approximate surface area is 393 Å². The largest absolute Gasteiger partial charge is 0.340 e. The standard InChI is InChI=1S/C56H59N7O2S/c1-60(2)52(40-18-10-6-11-19-40)55(64)62-30-14-22-47(62)45-33-44(35-57-45)37-24-26-39(27-25-37)51(38-16-8-5-9-17-38)50-34-43-32-42(28-29-49(43)66-50)46-36-58-54(59-46)48-23-15-31-63(48)56(65)53(61(3)4)41-20-12-7-13-21-41/h5-13,16-21,24-29,32,35-36,47-48,50-53H,14-15,22-23,30-31,33-34H2,1-4H3,(H,58,59)/t47-,48-,50?,51?,52+,53+/m0/s1. The molecule has 0 spiro atoms. The second-order valence-electron chi connectivity index (χ2n) is 18.8. The zero-order valence-electron chi connectivity index (χ0n) is 38.4. The molecule has 0 bridgehead atoms. The molecule has 2 fully saturated rings. The monoisotopic (exact) mass is 893 g/mol. The molecule has 2 saturated heterocycles. The van der Waals surface area contributed by atoms with E-state index in [9.17, 15) is 9.59 Å². The lowest BCUT2D eigenvalue weighted by Crippen LogP contribution is -2.45. The summed E-state index contributed by atoms with van der Waals surface area (Å²) in [7, 11) is 7.93. The Morgan fingerprint density at radius 1 is 0.667 bits per heavy atom. The van der Waals surface area contributed by atoms with E-state index in [2.05, 4.69) is 82.7 Å². The Balaban J connectivity index is 0.826. The maximum absolute atomic E-state index is 14.1. The fourth-order valence-electron chi connectivity index (χ4n) is 10.9. The molecular formula is C56H59N7O2S. The van der Waals surface area contributed by atoms with Crippen LogP contribution in [0.3, 0.4) is 0 Å². The number of carbonyl (C=O) groups excluding carboxylic acids is 2. The third-order valence-electron chi connectivity index (χ3n) is 14.1. The molecule has 4 aliphatic heterocycles. The van der Waals surface area contributed by atoms with Crippen molar-refractivity contribution in [3.63, 3.8) is 0 Å². The van der Waals surface area contributed by atoms with E-state index in [1.165, 1.54) is 32.7 Å². The van der Waals surface area contributed by atoms with E-state index in [4.69, 9.17) is 9.98 Å². The van der Waals surface area contributed by atoms with Gasteiger partial charge in [-0.15, -0.1) is 11.8 Å². The molecule has 6 aromatic rings. The minimum absolute atomic E-state index is 0.0192. The maximum atomic E-state index is 14.1. The van der Waals surface area contributed by atoms with Gasteiger partial charge in [-0.05, 0) is 117 Å². The molecule has 5 heterocycles. The molecular weight excluding hydrogens is 835 g/mol. The normalized spacial score (nSPS) is 20.7. The quantitative estimate of drug-likeness (QED) is 0.124. The number of thioether (sulfide) groups is 1. The smallest absolute Gasteiger partial charge is 0.245 e. The summed E-state index contributed by atoms with van der Waals surface area (Å²) in [5, 5.41) is 0.321. The molecule has 1 N–H and O–H groups in total. The highest BCUT2D eigenvalue weighted by molar-refractivity contribution is 8.00. The number of aromatic amines is 1. The van der Waals surface area contributed by atoms with Gasteiger partial charge in [0.15, 0.2) is 0 Å². The topological polar surface area (TPSA) is 88.1 Å². The summed E-state index contributed by atoms with van der Waals surface area (Å²) < 4.78 is 0. The van der Waals surface area contributed by atoms with Crippen molar-refractivity contribution >= 4 is 34.9 Å². The number of allylic oxidation sites excluding steroid dienone is 1. The predicted molar refractivity (Wildman–Crippen MR) is 266 cm³/mol. The number of nitrogens with zero attached hydrogens (tertiary/aromatic N) is 6. The third-order valence-corrected chi connectivity index (χ3v) is 15.5. The van der Waals surface area contributed by atoms with Crippen molar-refractivity contribution < 1.29 is 9.59 Å². The molecule has 4 aliphatic rings. The van der Waals surface area contributed by atoms with Crippen LogP contribution < -0.4 is 0 Å². The van der Waals surface area contributed by atoms with Crippen LogP contribution in [0.2, 0.25) is 0 Å². The molecule has 10 heteroatoms. The Hall–Kier alpha value is -6.07. The first-order valence-electron chi connectivity index (χ1n) is 23.5. The second-order valence-corrected chi connectivity index (χ2v) is 20.0. The van der Waals surface area contributed by atoms with Gasteiger partial charge in [0.25, 0.3) is 0 Å². The Bertz CT molecular complexity index is 2730. The minimum Gasteiger partial charge on any atom is -0.340 e. The van der Waals surface area contributed by atoms with E-state index in [0.29, 0.717) is 5.25 Å². The van der Waals surface area contributed by atoms with Gasteiger partial charge in [-0.25, -0.2) is 4.98 Å². The van der Waals surface area contributed by atoms with Crippen LogP contribution in [0.25, 0.3) is 16.8 Å². The van der Waals surface area contributed by atoms with Gasteiger partial charge in [-0.3, -0.25) is 24.4 Å². The maximum Gasteiger partial charge on any atom is 0.245 e. The summed E-state index contributed by atoms with van der Waals surface area (Å²) >= 11 is 1.98. The number of likely N-dealkylation sites (N-methyl/N-ethyl adjacent to an activating group) is 2. The third kappa shape index (κ3) is 8.70. The molecule has 66 heavy (non-hydrogen) atoms. The minimum atomic E-state index is -0.344. The molecule has 5 aromatic carbocycles. The average molecular weight is 894 g/mol. The van der Waals surface area contributed by atoms with Crippen molar-refractivity contribution in [1.82, 2.24) is 29.6 Å². The lowest BCUT2D eigenvalue weighted by atomic mass is 9.85. The van der Waals surface area contributed by atoms with Gasteiger partial charge in [-0.2, -0.15) is 0 Å². The number of amides is 2. The van der Waals surface area contributed by atoms with E-state index in [0.717, 1.165) is 85.5 Å². The van der Waals surface area contributed by atoms with Gasteiger partial charge in [-0.1, -0.05) is 121 Å². The molecule has 1 aromatic heterocycles. The van der Waals surface area contributed by atoms with Crippen LogP contribution in [0.4, 0.5) is 0 Å². The molecule has 0 saturated carbocycles. The fourth-order valence-corrected chi connectivity index (χ4v) is 12.4. The summed E-state index contributed by atoms with van der Waals surface area (Å²) in [6, 6.07) is 46.4. The van der Waals surface area contributed by atoms with Gasteiger partial charge < -0.3 is 14.8 Å². The van der Waals surface area contributed by atoms with Crippen LogP contribution in [-0.2, 0) is 16.0 Å². The molecule has 0 radical (unpaired) electrons. The Morgan fingerprint density at radius 2 is 1.21 bits per heavy atom. The van der Waals surface area contributed by atoms with Crippen molar-refractivity contribution in [2.45, 2.75) is 78.8 Å². The number of aromatic nitrogens is 2. The number of H-pyrrole nitrogens is 1. The summed E-state index contributed by atoms with van der Waals surface area (Å²) in [6.45, 7) is 1.48. The number of hydrogen-bond donors (Lipinski definition) is 1. The number of carbonyl (C=O) groups is 2. The van der Waals surface area contributed by atoms with Gasteiger partial charge in [0, 0.05) is 47.5 Å². The first-order valence-corrected chi connectivity index (χ1v) is 24.4. The SMILES string of the molecule is CN(C)[C@@H](C(=O)N1CCC[C@H]1C1=NC=C(c2ccc(C(c3ccccc3)C3Cc4cc(-c5cnc([C@@H]6CCCN6C(=O)[C@@H](c6ccccc6)N(C)C)[nH]5)ccc4S3)cc2)C1)c1ccccc1. The number of aliphatic imine (C=N–C) groups is 1.